The van der Waals surface area contributed by atoms with Gasteiger partial charge in [0.2, 0.25) is 0 Å². The van der Waals surface area contributed by atoms with Crippen LogP contribution in [0.3, 0.4) is 0 Å². The first-order chi connectivity index (χ1) is 16.9. The zero-order chi connectivity index (χ0) is 24.9. The lowest BCUT2D eigenvalue weighted by Crippen LogP contribution is -2.46. The molecule has 2 aliphatic heterocycles. The Kier molecular flexibility index (Phi) is 7.69. The average molecular weight is 501 g/mol. The largest absolute Gasteiger partial charge is 0.478 e. The summed E-state index contributed by atoms with van der Waals surface area (Å²) in [7, 11) is 1.31. The van der Waals surface area contributed by atoms with E-state index in [0.29, 0.717) is 59.5 Å². The quantitative estimate of drug-likeness (QED) is 0.440. The molecule has 3 heterocycles. The fraction of sp³-hybridized carbons (Fsp3) is 0.333. The molecule has 2 aliphatic rings. The lowest BCUT2D eigenvalue weighted by Gasteiger charge is -2.34. The number of carbonyl (C=O) groups excluding carboxylic acids is 1. The number of esters is 1. The monoisotopic (exact) mass is 500 g/mol. The standard InChI is InChI=1S/C24H25FN4O5S/c1-14-11-15(25)3-5-17(14)21-20(24(32)33-2)18(27-22(28-21)23-26-7-10-35-23)13-29-8-9-34-16(12-29)4-6-19(30)31/h3-7,10-11,16,21H,8-9,12-13H2,1-2H3,(H,27,28)(H,30,31)/b6-4+/t16?,21-/m0/s1. The highest BCUT2D eigenvalue weighted by Crippen LogP contribution is 2.35. The number of aliphatic imine (C=N–C) groups is 1. The van der Waals surface area contributed by atoms with Crippen LogP contribution < -0.4 is 5.32 Å². The zero-order valence-corrected chi connectivity index (χ0v) is 20.0. The van der Waals surface area contributed by atoms with Crippen LogP contribution in [0, 0.1) is 12.7 Å². The second-order valence-corrected chi connectivity index (χ2v) is 8.96. The van der Waals surface area contributed by atoms with Crippen LogP contribution in [0.4, 0.5) is 4.39 Å². The van der Waals surface area contributed by atoms with Crippen LogP contribution >= 0.6 is 11.3 Å². The molecule has 1 aromatic heterocycles. The summed E-state index contributed by atoms with van der Waals surface area (Å²) in [6, 6.07) is 3.66. The summed E-state index contributed by atoms with van der Waals surface area (Å²) in [4.78, 5) is 35.1. The van der Waals surface area contributed by atoms with E-state index in [-0.39, 0.29) is 5.82 Å². The second-order valence-electron chi connectivity index (χ2n) is 8.07. The van der Waals surface area contributed by atoms with Crippen molar-refractivity contribution in [2.45, 2.75) is 19.1 Å². The van der Waals surface area contributed by atoms with E-state index < -0.39 is 24.1 Å². The maximum atomic E-state index is 13.9. The predicted octanol–water partition coefficient (Wildman–Crippen LogP) is 2.45. The maximum absolute atomic E-state index is 13.9. The molecule has 1 saturated heterocycles. The minimum atomic E-state index is -1.04. The van der Waals surface area contributed by atoms with Crippen molar-refractivity contribution in [3.05, 3.63) is 75.1 Å². The number of nitrogens with zero attached hydrogens (tertiary/aromatic N) is 3. The molecular formula is C24H25FN4O5S. The van der Waals surface area contributed by atoms with E-state index in [2.05, 4.69) is 15.2 Å². The number of aryl methyl sites for hydroxylation is 1. The Morgan fingerprint density at radius 1 is 1.43 bits per heavy atom. The van der Waals surface area contributed by atoms with Gasteiger partial charge in [0.1, 0.15) is 11.9 Å². The van der Waals surface area contributed by atoms with Gasteiger partial charge in [-0.25, -0.2) is 19.0 Å². The van der Waals surface area contributed by atoms with Crippen molar-refractivity contribution in [1.82, 2.24) is 15.2 Å². The first-order valence-electron chi connectivity index (χ1n) is 10.9. The zero-order valence-electron chi connectivity index (χ0n) is 19.2. The van der Waals surface area contributed by atoms with Gasteiger partial charge in [-0.15, -0.1) is 11.3 Å². The van der Waals surface area contributed by atoms with Gasteiger partial charge in [-0.05, 0) is 36.3 Å². The van der Waals surface area contributed by atoms with E-state index in [0.717, 1.165) is 6.08 Å². The number of carboxylic acids is 1. The molecule has 2 N–H and O–H groups in total. The molecule has 2 aromatic rings. The molecule has 35 heavy (non-hydrogen) atoms. The number of amidine groups is 1. The van der Waals surface area contributed by atoms with Gasteiger partial charge in [-0.2, -0.15) is 0 Å². The summed E-state index contributed by atoms with van der Waals surface area (Å²) in [6.07, 6.45) is 3.84. The lowest BCUT2D eigenvalue weighted by molar-refractivity contribution is -0.136. The van der Waals surface area contributed by atoms with Crippen LogP contribution in [0.15, 0.2) is 58.2 Å². The summed E-state index contributed by atoms with van der Waals surface area (Å²) in [5.74, 6) is -1.45. The third-order valence-corrected chi connectivity index (χ3v) is 6.49. The molecular weight excluding hydrogens is 475 g/mol. The number of aliphatic carboxylic acids is 1. The van der Waals surface area contributed by atoms with Crippen molar-refractivity contribution in [2.24, 2.45) is 4.99 Å². The van der Waals surface area contributed by atoms with E-state index in [1.807, 2.05) is 5.38 Å². The predicted molar refractivity (Wildman–Crippen MR) is 128 cm³/mol. The molecule has 0 saturated carbocycles. The number of aromatic nitrogens is 1. The van der Waals surface area contributed by atoms with Gasteiger partial charge >= 0.3 is 11.9 Å². The molecule has 0 spiro atoms. The van der Waals surface area contributed by atoms with Crippen LogP contribution in [0.1, 0.15) is 22.2 Å². The molecule has 0 bridgehead atoms. The summed E-state index contributed by atoms with van der Waals surface area (Å²) >= 11 is 1.40. The number of hydrogen-bond donors (Lipinski definition) is 2. The molecule has 0 aliphatic carbocycles. The van der Waals surface area contributed by atoms with Crippen LogP contribution in [0.5, 0.6) is 0 Å². The van der Waals surface area contributed by atoms with Crippen LogP contribution in [-0.4, -0.2) is 72.2 Å². The molecule has 1 fully saturated rings. The minimum Gasteiger partial charge on any atom is -0.478 e. The number of rotatable bonds is 7. The van der Waals surface area contributed by atoms with Crippen molar-refractivity contribution in [3.63, 3.8) is 0 Å². The molecule has 2 atom stereocenters. The Hall–Kier alpha value is -3.41. The number of carboxylic acid groups (broad SMARTS) is 1. The van der Waals surface area contributed by atoms with Crippen LogP contribution in [0.25, 0.3) is 0 Å². The number of benzene rings is 1. The van der Waals surface area contributed by atoms with Crippen molar-refractivity contribution in [2.75, 3.05) is 33.4 Å². The third-order valence-electron chi connectivity index (χ3n) is 5.71. The molecule has 11 heteroatoms. The Labute approximate surface area is 205 Å². The van der Waals surface area contributed by atoms with Gasteiger partial charge in [0, 0.05) is 43.0 Å². The normalized spacial score (nSPS) is 21.1. The summed E-state index contributed by atoms with van der Waals surface area (Å²) in [6.45, 7) is 3.54. The maximum Gasteiger partial charge on any atom is 0.338 e. The smallest absolute Gasteiger partial charge is 0.338 e. The lowest BCUT2D eigenvalue weighted by atomic mass is 9.92. The highest BCUT2D eigenvalue weighted by atomic mass is 32.1. The molecule has 0 amide bonds. The Morgan fingerprint density at radius 3 is 2.94 bits per heavy atom. The number of nitrogens with one attached hydrogen (secondary N) is 1. The number of morpholine rings is 1. The number of carbonyl (C=O) groups is 2. The first kappa shape index (κ1) is 24.7. The molecule has 9 nitrogen and oxygen atoms in total. The molecule has 184 valence electrons. The van der Waals surface area contributed by atoms with Gasteiger partial charge in [-0.1, -0.05) is 6.07 Å². The Morgan fingerprint density at radius 2 is 2.26 bits per heavy atom. The fourth-order valence-electron chi connectivity index (χ4n) is 4.10. The van der Waals surface area contributed by atoms with Gasteiger partial charge in [0.05, 0.1) is 25.4 Å². The first-order valence-corrected chi connectivity index (χ1v) is 11.8. The van der Waals surface area contributed by atoms with Gasteiger partial charge in [-0.3, -0.25) is 9.89 Å². The molecule has 1 aromatic carbocycles. The average Bonchev–Trinajstić information content (AvgIpc) is 3.37. The van der Waals surface area contributed by atoms with Gasteiger partial charge in [0.25, 0.3) is 0 Å². The van der Waals surface area contributed by atoms with Crippen LogP contribution in [0.2, 0.25) is 0 Å². The van der Waals surface area contributed by atoms with E-state index in [9.17, 15) is 14.0 Å². The van der Waals surface area contributed by atoms with Crippen molar-refractivity contribution in [1.29, 1.82) is 0 Å². The second kappa shape index (κ2) is 10.9. The topological polar surface area (TPSA) is 113 Å². The van der Waals surface area contributed by atoms with E-state index in [4.69, 9.17) is 19.6 Å². The highest BCUT2D eigenvalue weighted by Gasteiger charge is 2.34. The van der Waals surface area contributed by atoms with Crippen molar-refractivity contribution < 1.29 is 28.6 Å². The SMILES string of the molecule is COC(=O)C1=C(CN2CCOC(/C=C/C(=O)O)C2)NC(c2nccs2)=N[C@H]1c1ccc(F)cc1C. The number of hydrogen-bond acceptors (Lipinski definition) is 9. The summed E-state index contributed by atoms with van der Waals surface area (Å²) in [5, 5.41) is 14.7. The summed E-state index contributed by atoms with van der Waals surface area (Å²) < 4.78 is 24.6. The third kappa shape index (κ3) is 5.81. The van der Waals surface area contributed by atoms with Gasteiger partial charge < -0.3 is 19.9 Å². The van der Waals surface area contributed by atoms with E-state index >= 15 is 0 Å². The van der Waals surface area contributed by atoms with Crippen LogP contribution in [-0.2, 0) is 19.1 Å². The van der Waals surface area contributed by atoms with Crippen molar-refractivity contribution >= 4 is 29.1 Å². The van der Waals surface area contributed by atoms with E-state index in [1.54, 1.807) is 19.2 Å². The summed E-state index contributed by atoms with van der Waals surface area (Å²) in [5.41, 5.74) is 2.26. The number of ether oxygens (including phenoxy) is 2. The number of halogens is 1. The number of methoxy groups -OCH3 is 1. The fourth-order valence-corrected chi connectivity index (χ4v) is 4.68. The Balaban J connectivity index is 1.73. The number of thiazole rings is 1. The minimum absolute atomic E-state index is 0.326. The Bertz CT molecular complexity index is 1190. The highest BCUT2D eigenvalue weighted by molar-refractivity contribution is 7.11. The van der Waals surface area contributed by atoms with Crippen molar-refractivity contribution in [3.8, 4) is 0 Å². The molecule has 0 radical (unpaired) electrons. The van der Waals surface area contributed by atoms with E-state index in [1.165, 1.54) is 36.7 Å². The molecule has 4 rings (SSSR count). The molecule has 1 unspecified atom stereocenters. The van der Waals surface area contributed by atoms with Gasteiger partial charge in [0.15, 0.2) is 10.8 Å².